The molecule has 94 valence electrons. The molecule has 1 aromatic heterocycles. The molecule has 0 spiro atoms. The number of oxazole rings is 1. The van der Waals surface area contributed by atoms with E-state index in [9.17, 15) is 4.79 Å². The minimum atomic E-state index is 0.0565. The first-order valence-electron chi connectivity index (χ1n) is 6.08. The Morgan fingerprint density at radius 3 is 3.11 bits per heavy atom. The number of fused-ring (bicyclic) bond motifs is 1. The maximum absolute atomic E-state index is 11.8. The molecule has 0 aliphatic carbocycles. The summed E-state index contributed by atoms with van der Waals surface area (Å²) >= 11 is 0. The first-order valence-corrected chi connectivity index (χ1v) is 6.08. The average molecular weight is 245 g/mol. The summed E-state index contributed by atoms with van der Waals surface area (Å²) in [4.78, 5) is 16.0. The van der Waals surface area contributed by atoms with E-state index in [1.807, 2.05) is 25.1 Å². The number of amides is 1. The van der Waals surface area contributed by atoms with Crippen molar-refractivity contribution in [1.82, 2.24) is 10.3 Å². The maximum Gasteiger partial charge on any atom is 0.224 e. The molecule has 1 fully saturated rings. The molecule has 0 atom stereocenters. The van der Waals surface area contributed by atoms with Crippen LogP contribution in [0.15, 0.2) is 22.6 Å². The summed E-state index contributed by atoms with van der Waals surface area (Å²) in [5.74, 6) is 1.16. The Morgan fingerprint density at radius 1 is 1.56 bits per heavy atom. The van der Waals surface area contributed by atoms with E-state index in [0.29, 0.717) is 18.2 Å². The van der Waals surface area contributed by atoms with Crippen LogP contribution in [0.1, 0.15) is 12.3 Å². The van der Waals surface area contributed by atoms with Gasteiger partial charge in [-0.05, 0) is 37.2 Å². The second-order valence-corrected chi connectivity index (χ2v) is 4.69. The summed E-state index contributed by atoms with van der Waals surface area (Å²) < 4.78 is 5.39. The zero-order valence-corrected chi connectivity index (χ0v) is 10.2. The lowest BCUT2D eigenvalue weighted by Crippen LogP contribution is -2.43. The normalized spacial score (nSPS) is 15.6. The lowest BCUT2D eigenvalue weighted by Gasteiger charge is -2.26. The molecule has 2 aromatic rings. The second-order valence-electron chi connectivity index (χ2n) is 4.69. The van der Waals surface area contributed by atoms with Crippen LogP contribution in [0.25, 0.3) is 11.1 Å². The van der Waals surface area contributed by atoms with Gasteiger partial charge in [0, 0.05) is 19.0 Å². The minimum Gasteiger partial charge on any atom is -0.441 e. The van der Waals surface area contributed by atoms with Crippen LogP contribution < -0.4 is 10.6 Å². The van der Waals surface area contributed by atoms with Crippen LogP contribution in [0.3, 0.4) is 0 Å². The van der Waals surface area contributed by atoms with Gasteiger partial charge in [-0.1, -0.05) is 0 Å². The van der Waals surface area contributed by atoms with E-state index in [1.165, 1.54) is 0 Å². The third-order valence-electron chi connectivity index (χ3n) is 3.12. The van der Waals surface area contributed by atoms with Gasteiger partial charge in [0.2, 0.25) is 5.91 Å². The van der Waals surface area contributed by atoms with Crippen LogP contribution in [-0.2, 0) is 4.79 Å². The highest BCUT2D eigenvalue weighted by molar-refractivity contribution is 5.92. The molecule has 1 aromatic carbocycles. The zero-order valence-electron chi connectivity index (χ0n) is 10.2. The Balaban J connectivity index is 1.71. The topological polar surface area (TPSA) is 67.2 Å². The number of hydrogen-bond donors (Lipinski definition) is 2. The summed E-state index contributed by atoms with van der Waals surface area (Å²) in [6.45, 7) is 3.69. The lowest BCUT2D eigenvalue weighted by molar-refractivity contribution is -0.117. The fourth-order valence-corrected chi connectivity index (χ4v) is 2.09. The monoisotopic (exact) mass is 245 g/mol. The Labute approximate surface area is 105 Å². The van der Waals surface area contributed by atoms with Gasteiger partial charge in [-0.15, -0.1) is 0 Å². The lowest BCUT2D eigenvalue weighted by atomic mass is 9.99. The first-order chi connectivity index (χ1) is 8.70. The van der Waals surface area contributed by atoms with Crippen molar-refractivity contribution in [3.63, 3.8) is 0 Å². The van der Waals surface area contributed by atoms with Crippen LogP contribution in [-0.4, -0.2) is 24.0 Å². The van der Waals surface area contributed by atoms with Gasteiger partial charge in [0.15, 0.2) is 11.5 Å². The van der Waals surface area contributed by atoms with Crippen molar-refractivity contribution in [2.45, 2.75) is 13.3 Å². The molecule has 0 unspecified atom stereocenters. The third-order valence-corrected chi connectivity index (χ3v) is 3.12. The fourth-order valence-electron chi connectivity index (χ4n) is 2.09. The Kier molecular flexibility index (Phi) is 2.76. The Morgan fingerprint density at radius 2 is 2.39 bits per heavy atom. The van der Waals surface area contributed by atoms with E-state index in [4.69, 9.17) is 4.42 Å². The standard InChI is InChI=1S/C13H15N3O2/c1-8-15-11-5-10(2-3-12(11)18-8)16-13(17)4-9-6-14-7-9/h2-3,5,9,14H,4,6-7H2,1H3,(H,16,17). The molecule has 18 heavy (non-hydrogen) atoms. The van der Waals surface area contributed by atoms with Gasteiger partial charge in [0.05, 0.1) is 0 Å². The molecule has 0 radical (unpaired) electrons. The number of rotatable bonds is 3. The number of hydrogen-bond acceptors (Lipinski definition) is 4. The van der Waals surface area contributed by atoms with Crippen molar-refractivity contribution in [1.29, 1.82) is 0 Å². The SMILES string of the molecule is Cc1nc2cc(NC(=O)CC3CNC3)ccc2o1. The van der Waals surface area contributed by atoms with Gasteiger partial charge in [-0.3, -0.25) is 4.79 Å². The number of aryl methyl sites for hydroxylation is 1. The fraction of sp³-hybridized carbons (Fsp3) is 0.385. The van der Waals surface area contributed by atoms with E-state index < -0.39 is 0 Å². The second kappa shape index (κ2) is 4.42. The molecule has 3 rings (SSSR count). The largest absolute Gasteiger partial charge is 0.441 e. The van der Waals surface area contributed by atoms with Gasteiger partial charge in [0.1, 0.15) is 5.52 Å². The highest BCUT2D eigenvalue weighted by Crippen LogP contribution is 2.20. The maximum atomic E-state index is 11.8. The van der Waals surface area contributed by atoms with Crippen LogP contribution in [0, 0.1) is 12.8 Å². The Bertz CT molecular complexity index is 587. The van der Waals surface area contributed by atoms with E-state index in [-0.39, 0.29) is 5.91 Å². The molecule has 0 bridgehead atoms. The molecule has 1 aliphatic heterocycles. The number of carbonyl (C=O) groups excluding carboxylic acids is 1. The Hall–Kier alpha value is -1.88. The highest BCUT2D eigenvalue weighted by Gasteiger charge is 2.20. The van der Waals surface area contributed by atoms with Crippen molar-refractivity contribution < 1.29 is 9.21 Å². The molecule has 2 heterocycles. The van der Waals surface area contributed by atoms with Gasteiger partial charge >= 0.3 is 0 Å². The predicted octanol–water partition coefficient (Wildman–Crippen LogP) is 1.68. The molecule has 2 N–H and O–H groups in total. The third kappa shape index (κ3) is 2.22. The summed E-state index contributed by atoms with van der Waals surface area (Å²) in [5.41, 5.74) is 2.29. The molecule has 1 amide bonds. The summed E-state index contributed by atoms with van der Waals surface area (Å²) in [5, 5.41) is 6.05. The molecule has 1 saturated heterocycles. The first kappa shape index (κ1) is 11.2. The van der Waals surface area contributed by atoms with E-state index in [1.54, 1.807) is 0 Å². The summed E-state index contributed by atoms with van der Waals surface area (Å²) in [7, 11) is 0. The average Bonchev–Trinajstić information content (AvgIpc) is 2.63. The highest BCUT2D eigenvalue weighted by atomic mass is 16.3. The van der Waals surface area contributed by atoms with Crippen molar-refractivity contribution in [2.75, 3.05) is 18.4 Å². The van der Waals surface area contributed by atoms with Crippen molar-refractivity contribution in [2.24, 2.45) is 5.92 Å². The van der Waals surface area contributed by atoms with Gasteiger partial charge in [-0.25, -0.2) is 4.98 Å². The van der Waals surface area contributed by atoms with Crippen molar-refractivity contribution >= 4 is 22.7 Å². The van der Waals surface area contributed by atoms with Crippen molar-refractivity contribution in [3.8, 4) is 0 Å². The van der Waals surface area contributed by atoms with Crippen LogP contribution in [0.4, 0.5) is 5.69 Å². The number of carbonyl (C=O) groups is 1. The van der Waals surface area contributed by atoms with Gasteiger partial charge in [0.25, 0.3) is 0 Å². The van der Waals surface area contributed by atoms with Gasteiger partial charge < -0.3 is 15.1 Å². The molecule has 1 aliphatic rings. The van der Waals surface area contributed by atoms with E-state index >= 15 is 0 Å². The number of nitrogens with one attached hydrogen (secondary N) is 2. The minimum absolute atomic E-state index is 0.0565. The smallest absolute Gasteiger partial charge is 0.224 e. The number of benzene rings is 1. The van der Waals surface area contributed by atoms with Crippen molar-refractivity contribution in [3.05, 3.63) is 24.1 Å². The number of aromatic nitrogens is 1. The number of nitrogens with zero attached hydrogens (tertiary/aromatic N) is 1. The quantitative estimate of drug-likeness (QED) is 0.863. The molecule has 5 heteroatoms. The zero-order chi connectivity index (χ0) is 12.5. The summed E-state index contributed by atoms with van der Waals surface area (Å²) in [6.07, 6.45) is 0.572. The molecular formula is C13H15N3O2. The van der Waals surface area contributed by atoms with E-state index in [2.05, 4.69) is 15.6 Å². The molecule has 5 nitrogen and oxygen atoms in total. The summed E-state index contributed by atoms with van der Waals surface area (Å²) in [6, 6.07) is 5.50. The van der Waals surface area contributed by atoms with Gasteiger partial charge in [-0.2, -0.15) is 0 Å². The van der Waals surface area contributed by atoms with Crippen LogP contribution in [0.5, 0.6) is 0 Å². The molecule has 0 saturated carbocycles. The van der Waals surface area contributed by atoms with E-state index in [0.717, 1.165) is 29.9 Å². The van der Waals surface area contributed by atoms with Crippen LogP contribution in [0.2, 0.25) is 0 Å². The molecular weight excluding hydrogens is 230 g/mol. The number of anilines is 1. The predicted molar refractivity (Wildman–Crippen MR) is 68.4 cm³/mol. The van der Waals surface area contributed by atoms with Crippen LogP contribution >= 0.6 is 0 Å².